The molecule has 0 aromatic heterocycles. The van der Waals surface area contributed by atoms with Crippen molar-refractivity contribution >= 4 is 23.1 Å². The maximum Gasteiger partial charge on any atom is 0.187 e. The molecule has 4 heteroatoms. The van der Waals surface area contributed by atoms with Gasteiger partial charge >= 0.3 is 0 Å². The van der Waals surface area contributed by atoms with Crippen LogP contribution < -0.4 is 10.1 Å². The van der Waals surface area contributed by atoms with Crippen molar-refractivity contribution in [3.8, 4) is 5.75 Å². The molecule has 22 heavy (non-hydrogen) atoms. The largest absolute Gasteiger partial charge is 0.494 e. The lowest BCUT2D eigenvalue weighted by molar-refractivity contribution is 0.104. The third-order valence-electron chi connectivity index (χ3n) is 3.11. The molecule has 1 N–H and O–H groups in total. The van der Waals surface area contributed by atoms with E-state index in [1.807, 2.05) is 26.0 Å². The summed E-state index contributed by atoms with van der Waals surface area (Å²) >= 11 is 5.91. The number of hydrogen-bond acceptors (Lipinski definition) is 3. The lowest BCUT2D eigenvalue weighted by Gasteiger charge is -2.05. The van der Waals surface area contributed by atoms with Gasteiger partial charge in [-0.2, -0.15) is 0 Å². The van der Waals surface area contributed by atoms with Crippen molar-refractivity contribution in [1.82, 2.24) is 0 Å². The lowest BCUT2D eigenvalue weighted by atomic mass is 10.1. The minimum Gasteiger partial charge on any atom is -0.494 e. The van der Waals surface area contributed by atoms with Crippen LogP contribution in [-0.2, 0) is 0 Å². The van der Waals surface area contributed by atoms with E-state index in [-0.39, 0.29) is 5.78 Å². The first-order chi connectivity index (χ1) is 10.6. The number of aryl methyl sites for hydroxylation is 1. The maximum absolute atomic E-state index is 12.1. The summed E-state index contributed by atoms with van der Waals surface area (Å²) < 4.78 is 5.35. The highest BCUT2D eigenvalue weighted by atomic mass is 35.5. The number of allylic oxidation sites excluding steroid dienone is 1. The van der Waals surface area contributed by atoms with Gasteiger partial charge in [0.2, 0.25) is 0 Å². The summed E-state index contributed by atoms with van der Waals surface area (Å²) in [6.07, 6.45) is 3.14. The minimum absolute atomic E-state index is 0.0674. The van der Waals surface area contributed by atoms with E-state index in [0.717, 1.165) is 17.0 Å². The Labute approximate surface area is 135 Å². The van der Waals surface area contributed by atoms with Crippen molar-refractivity contribution in [2.45, 2.75) is 13.8 Å². The van der Waals surface area contributed by atoms with Crippen molar-refractivity contribution in [2.75, 3.05) is 11.9 Å². The molecule has 0 aliphatic rings. The SMILES string of the molecule is CCOc1ccc(C(=O)C=CNc2ccc(Cl)cc2C)cc1. The lowest BCUT2D eigenvalue weighted by Crippen LogP contribution is -1.98. The fourth-order valence-corrected chi connectivity index (χ4v) is 2.20. The van der Waals surface area contributed by atoms with Crippen LogP contribution in [-0.4, -0.2) is 12.4 Å². The van der Waals surface area contributed by atoms with Crippen molar-refractivity contribution in [3.05, 3.63) is 70.9 Å². The van der Waals surface area contributed by atoms with Gasteiger partial charge in [-0.15, -0.1) is 0 Å². The average Bonchev–Trinajstić information content (AvgIpc) is 2.50. The van der Waals surface area contributed by atoms with Crippen LogP contribution in [0.25, 0.3) is 0 Å². The molecule has 0 unspecified atom stereocenters. The van der Waals surface area contributed by atoms with Gasteiger partial charge in [0.25, 0.3) is 0 Å². The van der Waals surface area contributed by atoms with Crippen LogP contribution in [0, 0.1) is 6.92 Å². The Balaban J connectivity index is 1.98. The highest BCUT2D eigenvalue weighted by Crippen LogP contribution is 2.19. The zero-order chi connectivity index (χ0) is 15.9. The summed E-state index contributed by atoms with van der Waals surface area (Å²) in [5.41, 5.74) is 2.56. The molecule has 0 saturated heterocycles. The van der Waals surface area contributed by atoms with Crippen LogP contribution in [0.4, 0.5) is 5.69 Å². The van der Waals surface area contributed by atoms with E-state index < -0.39 is 0 Å². The van der Waals surface area contributed by atoms with E-state index in [2.05, 4.69) is 5.32 Å². The number of anilines is 1. The number of nitrogens with one attached hydrogen (secondary N) is 1. The molecule has 114 valence electrons. The van der Waals surface area contributed by atoms with Crippen LogP contribution in [0.1, 0.15) is 22.8 Å². The molecule has 2 aromatic rings. The zero-order valence-electron chi connectivity index (χ0n) is 12.6. The standard InChI is InChI=1S/C18H18ClNO2/c1-3-22-16-7-4-14(5-8-16)18(21)10-11-20-17-9-6-15(19)12-13(17)2/h4-12,20H,3H2,1-2H3. The van der Waals surface area contributed by atoms with Crippen molar-refractivity contribution < 1.29 is 9.53 Å². The van der Waals surface area contributed by atoms with Gasteiger partial charge in [-0.25, -0.2) is 0 Å². The fraction of sp³-hybridized carbons (Fsp3) is 0.167. The van der Waals surface area contributed by atoms with E-state index in [0.29, 0.717) is 17.2 Å². The van der Waals surface area contributed by atoms with Crippen LogP contribution in [0.15, 0.2) is 54.7 Å². The maximum atomic E-state index is 12.1. The minimum atomic E-state index is -0.0674. The Bertz CT molecular complexity index is 678. The molecule has 3 nitrogen and oxygen atoms in total. The van der Waals surface area contributed by atoms with Gasteiger partial charge in [0.05, 0.1) is 6.61 Å². The summed E-state index contributed by atoms with van der Waals surface area (Å²) in [4.78, 5) is 12.1. The van der Waals surface area contributed by atoms with E-state index in [4.69, 9.17) is 16.3 Å². The molecule has 0 aliphatic heterocycles. The smallest absolute Gasteiger partial charge is 0.187 e. The predicted molar refractivity (Wildman–Crippen MR) is 90.9 cm³/mol. The Hall–Kier alpha value is -2.26. The molecular formula is C18H18ClNO2. The van der Waals surface area contributed by atoms with Gasteiger partial charge in [0, 0.05) is 28.5 Å². The Morgan fingerprint density at radius 1 is 1.23 bits per heavy atom. The molecule has 0 heterocycles. The van der Waals surface area contributed by atoms with Crippen molar-refractivity contribution in [3.63, 3.8) is 0 Å². The van der Waals surface area contributed by atoms with Crippen LogP contribution in [0.5, 0.6) is 5.75 Å². The number of ketones is 1. The highest BCUT2D eigenvalue weighted by molar-refractivity contribution is 6.30. The summed E-state index contributed by atoms with van der Waals surface area (Å²) in [6, 6.07) is 12.6. The molecule has 0 radical (unpaired) electrons. The van der Waals surface area contributed by atoms with Crippen molar-refractivity contribution in [1.29, 1.82) is 0 Å². The summed E-state index contributed by atoms with van der Waals surface area (Å²) in [6.45, 7) is 4.49. The molecule has 0 saturated carbocycles. The number of hydrogen-bond donors (Lipinski definition) is 1. The van der Waals surface area contributed by atoms with Gasteiger partial charge in [0.1, 0.15) is 5.75 Å². The normalized spacial score (nSPS) is 10.7. The number of ether oxygens (including phenoxy) is 1. The van der Waals surface area contributed by atoms with E-state index in [1.165, 1.54) is 6.08 Å². The summed E-state index contributed by atoms with van der Waals surface area (Å²) in [7, 11) is 0. The van der Waals surface area contributed by atoms with E-state index in [9.17, 15) is 4.79 Å². The van der Waals surface area contributed by atoms with Gasteiger partial charge in [-0.1, -0.05) is 11.6 Å². The molecule has 0 aliphatic carbocycles. The third-order valence-corrected chi connectivity index (χ3v) is 3.35. The first kappa shape index (κ1) is 16.1. The quantitative estimate of drug-likeness (QED) is 0.611. The van der Waals surface area contributed by atoms with Crippen LogP contribution in [0.2, 0.25) is 5.02 Å². The Morgan fingerprint density at radius 3 is 2.59 bits per heavy atom. The van der Waals surface area contributed by atoms with Gasteiger partial charge in [0.15, 0.2) is 5.78 Å². The van der Waals surface area contributed by atoms with Crippen molar-refractivity contribution in [2.24, 2.45) is 0 Å². The molecule has 2 aromatic carbocycles. The predicted octanol–water partition coefficient (Wildman–Crippen LogP) is 4.86. The van der Waals surface area contributed by atoms with E-state index >= 15 is 0 Å². The molecule has 0 spiro atoms. The van der Waals surface area contributed by atoms with Gasteiger partial charge < -0.3 is 10.1 Å². The second kappa shape index (κ2) is 7.66. The molecule has 0 bridgehead atoms. The topological polar surface area (TPSA) is 38.3 Å². The summed E-state index contributed by atoms with van der Waals surface area (Å²) in [5, 5.41) is 3.78. The highest BCUT2D eigenvalue weighted by Gasteiger charge is 2.02. The van der Waals surface area contributed by atoms with E-state index in [1.54, 1.807) is 36.5 Å². The number of carbonyl (C=O) groups excluding carboxylic acids is 1. The van der Waals surface area contributed by atoms with Gasteiger partial charge in [-0.3, -0.25) is 4.79 Å². The number of carbonyl (C=O) groups is 1. The third kappa shape index (κ3) is 4.37. The second-order valence-electron chi connectivity index (χ2n) is 4.76. The first-order valence-corrected chi connectivity index (χ1v) is 7.44. The van der Waals surface area contributed by atoms with Crippen LogP contribution in [0.3, 0.4) is 0 Å². The van der Waals surface area contributed by atoms with Gasteiger partial charge in [-0.05, 0) is 61.9 Å². The molecule has 2 rings (SSSR count). The monoisotopic (exact) mass is 315 g/mol. The average molecular weight is 316 g/mol. The van der Waals surface area contributed by atoms with Crippen LogP contribution >= 0.6 is 11.6 Å². The molecule has 0 atom stereocenters. The molecule has 0 amide bonds. The number of benzene rings is 2. The number of halogens is 1. The second-order valence-corrected chi connectivity index (χ2v) is 5.19. The fourth-order valence-electron chi connectivity index (χ4n) is 1.97. The zero-order valence-corrected chi connectivity index (χ0v) is 13.4. The first-order valence-electron chi connectivity index (χ1n) is 7.06. The summed E-state index contributed by atoms with van der Waals surface area (Å²) in [5.74, 6) is 0.695. The number of rotatable bonds is 6. The molecular weight excluding hydrogens is 298 g/mol. The molecule has 0 fully saturated rings. The Morgan fingerprint density at radius 2 is 1.95 bits per heavy atom. The Kier molecular flexibility index (Phi) is 5.61.